The lowest BCUT2D eigenvalue weighted by Crippen LogP contribution is -2.21. The summed E-state index contributed by atoms with van der Waals surface area (Å²) in [4.78, 5) is 25.2. The van der Waals surface area contributed by atoms with Gasteiger partial charge in [0.25, 0.3) is 5.91 Å². The number of benzene rings is 1. The molecule has 0 saturated carbocycles. The minimum atomic E-state index is -0.0871. The van der Waals surface area contributed by atoms with Crippen LogP contribution in [0.25, 0.3) is 16.9 Å². The number of hydrogen-bond acceptors (Lipinski definition) is 5. The summed E-state index contributed by atoms with van der Waals surface area (Å²) in [7, 11) is 1.65. The molecule has 3 N–H and O–H groups in total. The van der Waals surface area contributed by atoms with Gasteiger partial charge in [0.15, 0.2) is 0 Å². The van der Waals surface area contributed by atoms with E-state index in [4.69, 9.17) is 5.73 Å². The fourth-order valence-electron chi connectivity index (χ4n) is 3.09. The van der Waals surface area contributed by atoms with E-state index < -0.39 is 0 Å². The number of nitrogens with two attached hydrogens (primary N) is 1. The second-order valence-corrected chi connectivity index (χ2v) is 6.51. The topological polar surface area (TPSA) is 98.7 Å². The summed E-state index contributed by atoms with van der Waals surface area (Å²) in [6, 6.07) is 3.67. The summed E-state index contributed by atoms with van der Waals surface area (Å²) in [6.07, 6.45) is 3.91. The number of amides is 1. The molecule has 3 aromatic rings. The van der Waals surface area contributed by atoms with E-state index in [0.29, 0.717) is 23.1 Å². The highest BCUT2D eigenvalue weighted by atomic mass is 16.1. The Balaban J connectivity index is 2.29. The van der Waals surface area contributed by atoms with Gasteiger partial charge in [0.1, 0.15) is 24.3 Å². The second kappa shape index (κ2) is 6.51. The third kappa shape index (κ3) is 3.05. The summed E-state index contributed by atoms with van der Waals surface area (Å²) < 4.78 is 1.87. The number of imidazole rings is 1. The first-order chi connectivity index (χ1) is 11.9. The predicted octanol–water partition coefficient (Wildman–Crippen LogP) is 2.26. The monoisotopic (exact) mass is 338 g/mol. The van der Waals surface area contributed by atoms with Crippen LogP contribution in [0.1, 0.15) is 35.3 Å². The van der Waals surface area contributed by atoms with Crippen molar-refractivity contribution in [1.82, 2.24) is 24.8 Å². The fourth-order valence-corrected chi connectivity index (χ4v) is 3.09. The Kier molecular flexibility index (Phi) is 4.39. The highest BCUT2D eigenvalue weighted by Gasteiger charge is 2.21. The van der Waals surface area contributed by atoms with Gasteiger partial charge in [-0.2, -0.15) is 0 Å². The molecule has 1 amide bonds. The molecule has 2 aromatic heterocycles. The Morgan fingerprint density at radius 2 is 2.04 bits per heavy atom. The van der Waals surface area contributed by atoms with Gasteiger partial charge in [0.05, 0.1) is 11.0 Å². The van der Waals surface area contributed by atoms with E-state index in [1.165, 1.54) is 6.33 Å². The second-order valence-electron chi connectivity index (χ2n) is 6.51. The molecule has 130 valence electrons. The van der Waals surface area contributed by atoms with Gasteiger partial charge in [-0.3, -0.25) is 9.36 Å². The summed E-state index contributed by atoms with van der Waals surface area (Å²) in [5.74, 6) is 1.36. The first-order valence-electron chi connectivity index (χ1n) is 8.21. The van der Waals surface area contributed by atoms with Crippen LogP contribution in [0.15, 0.2) is 24.8 Å². The van der Waals surface area contributed by atoms with E-state index >= 15 is 0 Å². The number of hydrogen-bond donors (Lipinski definition) is 2. The lowest BCUT2D eigenvalue weighted by atomic mass is 9.92. The largest absolute Gasteiger partial charge is 0.384 e. The highest BCUT2D eigenvalue weighted by Crippen LogP contribution is 2.29. The summed E-state index contributed by atoms with van der Waals surface area (Å²) in [5.41, 5.74) is 10.1. The van der Waals surface area contributed by atoms with Crippen LogP contribution in [-0.2, 0) is 6.42 Å². The number of nitrogen functional groups attached to an aromatic ring is 1. The molecular formula is C18H22N6O. The number of carbonyl (C=O) groups excluding carboxylic acids is 1. The van der Waals surface area contributed by atoms with Crippen LogP contribution >= 0.6 is 0 Å². The molecule has 0 bridgehead atoms. The van der Waals surface area contributed by atoms with Gasteiger partial charge >= 0.3 is 0 Å². The van der Waals surface area contributed by atoms with E-state index in [-0.39, 0.29) is 5.91 Å². The molecule has 0 aliphatic carbocycles. The standard InChI is InChI=1S/C18H22N6O/c1-10(2)5-12-16(18(25)20-4)11(3)6-13-17(12)23-9-24(13)15-7-14(19)21-8-22-15/h6-10H,5H2,1-4H3,(H,20,25)(H2,19,21,22). The molecular weight excluding hydrogens is 316 g/mol. The van der Waals surface area contributed by atoms with E-state index in [1.54, 1.807) is 19.4 Å². The lowest BCUT2D eigenvalue weighted by Gasteiger charge is -2.15. The van der Waals surface area contributed by atoms with Gasteiger partial charge in [0, 0.05) is 18.7 Å². The van der Waals surface area contributed by atoms with Crippen molar-refractivity contribution in [1.29, 1.82) is 0 Å². The fraction of sp³-hybridized carbons (Fsp3) is 0.333. The van der Waals surface area contributed by atoms with Crippen LogP contribution in [0.4, 0.5) is 5.82 Å². The maximum Gasteiger partial charge on any atom is 0.251 e. The number of aromatic nitrogens is 4. The average molecular weight is 338 g/mol. The van der Waals surface area contributed by atoms with Crippen LogP contribution in [-0.4, -0.2) is 32.5 Å². The van der Waals surface area contributed by atoms with Gasteiger partial charge in [-0.1, -0.05) is 13.8 Å². The molecule has 1 aromatic carbocycles. The molecule has 0 saturated heterocycles. The van der Waals surface area contributed by atoms with E-state index in [1.807, 2.05) is 17.6 Å². The smallest absolute Gasteiger partial charge is 0.251 e. The first-order valence-corrected chi connectivity index (χ1v) is 8.21. The molecule has 0 radical (unpaired) electrons. The van der Waals surface area contributed by atoms with Gasteiger partial charge < -0.3 is 11.1 Å². The predicted molar refractivity (Wildman–Crippen MR) is 97.7 cm³/mol. The Hall–Kier alpha value is -2.96. The number of anilines is 1. The van der Waals surface area contributed by atoms with Gasteiger partial charge in [-0.25, -0.2) is 15.0 Å². The van der Waals surface area contributed by atoms with Crippen molar-refractivity contribution in [2.75, 3.05) is 12.8 Å². The molecule has 25 heavy (non-hydrogen) atoms. The Labute approximate surface area is 146 Å². The van der Waals surface area contributed by atoms with E-state index in [0.717, 1.165) is 28.6 Å². The average Bonchev–Trinajstić information content (AvgIpc) is 2.97. The molecule has 0 spiro atoms. The normalized spacial score (nSPS) is 11.2. The van der Waals surface area contributed by atoms with Crippen molar-refractivity contribution in [2.24, 2.45) is 5.92 Å². The van der Waals surface area contributed by atoms with E-state index in [9.17, 15) is 4.79 Å². The van der Waals surface area contributed by atoms with Crippen LogP contribution in [0.3, 0.4) is 0 Å². The Bertz CT molecular complexity index is 944. The molecule has 3 rings (SSSR count). The van der Waals surface area contributed by atoms with Crippen molar-refractivity contribution in [3.8, 4) is 5.82 Å². The molecule has 7 nitrogen and oxygen atoms in total. The molecule has 7 heteroatoms. The number of aryl methyl sites for hydroxylation is 1. The third-order valence-corrected chi connectivity index (χ3v) is 4.13. The molecule has 0 unspecified atom stereocenters. The molecule has 0 fully saturated rings. The quantitative estimate of drug-likeness (QED) is 0.760. The zero-order chi connectivity index (χ0) is 18.1. The summed E-state index contributed by atoms with van der Waals surface area (Å²) in [6.45, 7) is 6.20. The molecule has 0 atom stereocenters. The lowest BCUT2D eigenvalue weighted by molar-refractivity contribution is 0.0961. The van der Waals surface area contributed by atoms with Crippen molar-refractivity contribution >= 4 is 22.8 Å². The minimum absolute atomic E-state index is 0.0871. The Morgan fingerprint density at radius 3 is 2.68 bits per heavy atom. The first kappa shape index (κ1) is 16.9. The number of nitrogens with zero attached hydrogens (tertiary/aromatic N) is 4. The Morgan fingerprint density at radius 1 is 1.28 bits per heavy atom. The molecule has 2 heterocycles. The summed E-state index contributed by atoms with van der Waals surface area (Å²) in [5, 5.41) is 2.74. The number of carbonyl (C=O) groups is 1. The zero-order valence-electron chi connectivity index (χ0n) is 14.9. The molecule has 0 aliphatic rings. The van der Waals surface area contributed by atoms with Crippen molar-refractivity contribution < 1.29 is 4.79 Å². The maximum absolute atomic E-state index is 12.4. The van der Waals surface area contributed by atoms with Crippen molar-refractivity contribution in [3.63, 3.8) is 0 Å². The third-order valence-electron chi connectivity index (χ3n) is 4.13. The van der Waals surface area contributed by atoms with Gasteiger partial charge in [0.2, 0.25) is 0 Å². The van der Waals surface area contributed by atoms with Crippen LogP contribution in [0, 0.1) is 12.8 Å². The number of rotatable bonds is 4. The molecule has 0 aliphatic heterocycles. The zero-order valence-corrected chi connectivity index (χ0v) is 14.9. The van der Waals surface area contributed by atoms with Crippen LogP contribution < -0.4 is 11.1 Å². The van der Waals surface area contributed by atoms with Gasteiger partial charge in [-0.05, 0) is 36.5 Å². The minimum Gasteiger partial charge on any atom is -0.384 e. The number of nitrogens with one attached hydrogen (secondary N) is 1. The van der Waals surface area contributed by atoms with Crippen LogP contribution in [0.5, 0.6) is 0 Å². The van der Waals surface area contributed by atoms with E-state index in [2.05, 4.69) is 34.1 Å². The van der Waals surface area contributed by atoms with Gasteiger partial charge in [-0.15, -0.1) is 0 Å². The maximum atomic E-state index is 12.4. The SMILES string of the molecule is CNC(=O)c1c(C)cc2c(ncn2-c2cc(N)ncn2)c1CC(C)C. The van der Waals surface area contributed by atoms with Crippen molar-refractivity contribution in [3.05, 3.63) is 41.5 Å². The number of fused-ring (bicyclic) bond motifs is 1. The van der Waals surface area contributed by atoms with Crippen molar-refractivity contribution in [2.45, 2.75) is 27.2 Å². The summed E-state index contributed by atoms with van der Waals surface area (Å²) >= 11 is 0. The highest BCUT2D eigenvalue weighted by molar-refractivity contribution is 6.01. The van der Waals surface area contributed by atoms with Crippen LogP contribution in [0.2, 0.25) is 0 Å².